The SMILES string of the molecule is Br.C=Cc1nccn1CC. The fourth-order valence-electron chi connectivity index (χ4n) is 0.778. The van der Waals surface area contributed by atoms with E-state index in [1.165, 1.54) is 0 Å². The van der Waals surface area contributed by atoms with E-state index in [-0.39, 0.29) is 17.0 Å². The Hall–Kier alpha value is -0.570. The monoisotopic (exact) mass is 202 g/mol. The number of aryl methyl sites for hydroxylation is 1. The molecule has 0 radical (unpaired) electrons. The fraction of sp³-hybridized carbons (Fsp3) is 0.286. The molecule has 0 aromatic carbocycles. The molecule has 0 N–H and O–H groups in total. The molecule has 56 valence electrons. The number of hydrogen-bond donors (Lipinski definition) is 0. The topological polar surface area (TPSA) is 17.8 Å². The lowest BCUT2D eigenvalue weighted by Gasteiger charge is -1.96. The first-order chi connectivity index (χ1) is 4.38. The highest BCUT2D eigenvalue weighted by Gasteiger charge is 1.91. The van der Waals surface area contributed by atoms with Gasteiger partial charge in [-0.1, -0.05) is 6.58 Å². The second-order valence-corrected chi connectivity index (χ2v) is 1.78. The number of rotatable bonds is 2. The summed E-state index contributed by atoms with van der Waals surface area (Å²) < 4.78 is 2.03. The Labute approximate surface area is 71.4 Å². The first-order valence-corrected chi connectivity index (χ1v) is 3.02. The Balaban J connectivity index is 0.000000810. The molecule has 1 heterocycles. The Bertz CT molecular complexity index is 205. The van der Waals surface area contributed by atoms with Gasteiger partial charge >= 0.3 is 0 Å². The highest BCUT2D eigenvalue weighted by molar-refractivity contribution is 8.93. The van der Waals surface area contributed by atoms with E-state index < -0.39 is 0 Å². The van der Waals surface area contributed by atoms with Crippen LogP contribution in [0.2, 0.25) is 0 Å². The molecule has 0 saturated heterocycles. The van der Waals surface area contributed by atoms with Crippen molar-refractivity contribution in [3.63, 3.8) is 0 Å². The van der Waals surface area contributed by atoms with Crippen molar-refractivity contribution in [1.82, 2.24) is 9.55 Å². The van der Waals surface area contributed by atoms with Gasteiger partial charge in [-0.25, -0.2) is 4.98 Å². The molecule has 0 saturated carbocycles. The third kappa shape index (κ3) is 1.70. The molecule has 0 bridgehead atoms. The summed E-state index contributed by atoms with van der Waals surface area (Å²) in [7, 11) is 0. The van der Waals surface area contributed by atoms with Crippen LogP contribution in [-0.2, 0) is 6.54 Å². The molecule has 0 amide bonds. The molecule has 10 heavy (non-hydrogen) atoms. The Morgan fingerprint density at radius 1 is 1.80 bits per heavy atom. The molecule has 0 spiro atoms. The third-order valence-corrected chi connectivity index (χ3v) is 1.27. The third-order valence-electron chi connectivity index (χ3n) is 1.27. The summed E-state index contributed by atoms with van der Waals surface area (Å²) in [6.07, 6.45) is 5.47. The maximum absolute atomic E-state index is 4.05. The van der Waals surface area contributed by atoms with Gasteiger partial charge in [0.25, 0.3) is 0 Å². The van der Waals surface area contributed by atoms with E-state index in [1.54, 1.807) is 12.3 Å². The predicted molar refractivity (Wildman–Crippen MR) is 48.3 cm³/mol. The van der Waals surface area contributed by atoms with Crippen molar-refractivity contribution in [2.45, 2.75) is 13.5 Å². The van der Waals surface area contributed by atoms with Crippen molar-refractivity contribution in [1.29, 1.82) is 0 Å². The summed E-state index contributed by atoms with van der Waals surface area (Å²) in [6, 6.07) is 0. The smallest absolute Gasteiger partial charge is 0.131 e. The molecule has 1 aromatic heterocycles. The summed E-state index contributed by atoms with van der Waals surface area (Å²) in [6.45, 7) is 6.67. The van der Waals surface area contributed by atoms with Crippen LogP contribution in [0.1, 0.15) is 12.7 Å². The molecule has 1 rings (SSSR count). The summed E-state index contributed by atoms with van der Waals surface area (Å²) in [5, 5.41) is 0. The quantitative estimate of drug-likeness (QED) is 0.719. The highest BCUT2D eigenvalue weighted by atomic mass is 79.9. The van der Waals surface area contributed by atoms with Crippen molar-refractivity contribution in [3.8, 4) is 0 Å². The Morgan fingerprint density at radius 3 is 2.90 bits per heavy atom. The van der Waals surface area contributed by atoms with Gasteiger partial charge in [0, 0.05) is 18.9 Å². The minimum absolute atomic E-state index is 0. The van der Waals surface area contributed by atoms with E-state index in [9.17, 15) is 0 Å². The summed E-state index contributed by atoms with van der Waals surface area (Å²) in [5.41, 5.74) is 0. The van der Waals surface area contributed by atoms with Gasteiger partial charge < -0.3 is 4.57 Å². The number of aromatic nitrogens is 2. The number of imidazole rings is 1. The maximum Gasteiger partial charge on any atom is 0.131 e. The summed E-state index contributed by atoms with van der Waals surface area (Å²) in [5.74, 6) is 0.942. The normalized spacial score (nSPS) is 8.50. The molecule has 1 aromatic rings. The van der Waals surface area contributed by atoms with E-state index in [1.807, 2.05) is 10.8 Å². The van der Waals surface area contributed by atoms with Crippen molar-refractivity contribution in [2.24, 2.45) is 0 Å². The first-order valence-electron chi connectivity index (χ1n) is 3.02. The van der Waals surface area contributed by atoms with Crippen LogP contribution in [0.15, 0.2) is 19.0 Å². The summed E-state index contributed by atoms with van der Waals surface area (Å²) >= 11 is 0. The van der Waals surface area contributed by atoms with Gasteiger partial charge in [-0.15, -0.1) is 17.0 Å². The van der Waals surface area contributed by atoms with Crippen LogP contribution in [0.4, 0.5) is 0 Å². The van der Waals surface area contributed by atoms with Crippen molar-refractivity contribution >= 4 is 23.1 Å². The van der Waals surface area contributed by atoms with Crippen LogP contribution < -0.4 is 0 Å². The highest BCUT2D eigenvalue weighted by Crippen LogP contribution is 1.96. The van der Waals surface area contributed by atoms with Gasteiger partial charge in [0.15, 0.2) is 0 Å². The Kier molecular flexibility index (Phi) is 4.03. The molecule has 0 unspecified atom stereocenters. The molecule has 0 atom stereocenters. The van der Waals surface area contributed by atoms with Crippen molar-refractivity contribution in [2.75, 3.05) is 0 Å². The molecule has 0 fully saturated rings. The van der Waals surface area contributed by atoms with E-state index in [2.05, 4.69) is 18.5 Å². The average molecular weight is 203 g/mol. The maximum atomic E-state index is 4.05. The predicted octanol–water partition coefficient (Wildman–Crippen LogP) is 2.12. The minimum Gasteiger partial charge on any atom is -0.332 e. The van der Waals surface area contributed by atoms with E-state index in [0.717, 1.165) is 12.4 Å². The van der Waals surface area contributed by atoms with Gasteiger partial charge in [-0.05, 0) is 13.0 Å². The fourth-order valence-corrected chi connectivity index (χ4v) is 0.778. The lowest BCUT2D eigenvalue weighted by atomic mass is 10.5. The lowest BCUT2D eigenvalue weighted by Crippen LogP contribution is -1.93. The van der Waals surface area contributed by atoms with E-state index in [4.69, 9.17) is 0 Å². The minimum atomic E-state index is 0. The molecule has 3 heteroatoms. The van der Waals surface area contributed by atoms with E-state index in [0.29, 0.717) is 0 Å². The van der Waals surface area contributed by atoms with Gasteiger partial charge in [0.2, 0.25) is 0 Å². The van der Waals surface area contributed by atoms with Crippen LogP contribution in [0.5, 0.6) is 0 Å². The zero-order chi connectivity index (χ0) is 6.69. The molecule has 0 aliphatic rings. The molecule has 2 nitrogen and oxygen atoms in total. The van der Waals surface area contributed by atoms with Crippen molar-refractivity contribution < 1.29 is 0 Å². The van der Waals surface area contributed by atoms with Crippen LogP contribution in [0.3, 0.4) is 0 Å². The van der Waals surface area contributed by atoms with E-state index >= 15 is 0 Å². The molecule has 0 aliphatic heterocycles. The van der Waals surface area contributed by atoms with Gasteiger partial charge in [-0.3, -0.25) is 0 Å². The standard InChI is InChI=1S/C7H10N2.BrH/c1-3-7-8-5-6-9(7)4-2;/h3,5-6H,1,4H2,2H3;1H. The lowest BCUT2D eigenvalue weighted by molar-refractivity contribution is 0.752. The van der Waals surface area contributed by atoms with Crippen LogP contribution >= 0.6 is 17.0 Å². The van der Waals surface area contributed by atoms with Gasteiger partial charge in [0.1, 0.15) is 5.82 Å². The van der Waals surface area contributed by atoms with Crippen LogP contribution in [-0.4, -0.2) is 9.55 Å². The van der Waals surface area contributed by atoms with Gasteiger partial charge in [-0.2, -0.15) is 0 Å². The number of halogens is 1. The van der Waals surface area contributed by atoms with Crippen molar-refractivity contribution in [3.05, 3.63) is 24.8 Å². The number of nitrogens with zero attached hydrogens (tertiary/aromatic N) is 2. The molecular weight excluding hydrogens is 192 g/mol. The zero-order valence-electron chi connectivity index (χ0n) is 5.95. The van der Waals surface area contributed by atoms with Gasteiger partial charge in [0.05, 0.1) is 0 Å². The zero-order valence-corrected chi connectivity index (χ0v) is 7.66. The summed E-state index contributed by atoms with van der Waals surface area (Å²) in [4.78, 5) is 4.05. The van der Waals surface area contributed by atoms with Crippen LogP contribution in [0.25, 0.3) is 6.08 Å². The first kappa shape index (κ1) is 9.43. The molecule has 0 aliphatic carbocycles. The molecular formula is C7H11BrN2. The number of hydrogen-bond acceptors (Lipinski definition) is 1. The Morgan fingerprint density at radius 2 is 2.50 bits per heavy atom. The average Bonchev–Trinajstić information content (AvgIpc) is 2.33. The second kappa shape index (κ2) is 4.28. The largest absolute Gasteiger partial charge is 0.332 e. The second-order valence-electron chi connectivity index (χ2n) is 1.78. The van der Waals surface area contributed by atoms with Crippen LogP contribution in [0, 0.1) is 0 Å².